The van der Waals surface area contributed by atoms with E-state index in [1.165, 1.54) is 0 Å². The van der Waals surface area contributed by atoms with Gasteiger partial charge in [0.1, 0.15) is 0 Å². The summed E-state index contributed by atoms with van der Waals surface area (Å²) >= 11 is 10.8. The van der Waals surface area contributed by atoms with Gasteiger partial charge in [0.05, 0.1) is 12.5 Å². The SMILES string of the molecule is C[S+](C)[B-](Cl)Cl. The molecule has 0 spiro atoms. The Morgan fingerprint density at radius 2 is 1.50 bits per heavy atom. The fourth-order valence-electron chi connectivity index (χ4n) is 0. The molecule has 0 bridgehead atoms. The third-order valence-corrected chi connectivity index (χ3v) is 3.21. The molecule has 0 aliphatic heterocycles. The van der Waals surface area contributed by atoms with Crippen LogP contribution in [-0.2, 0) is 10.7 Å². The lowest BCUT2D eigenvalue weighted by Gasteiger charge is -2.03. The van der Waals surface area contributed by atoms with E-state index in [1.54, 1.807) is 0 Å². The minimum Gasteiger partial charge on any atom is -0.334 e. The van der Waals surface area contributed by atoms with E-state index in [1.807, 2.05) is 12.5 Å². The molecule has 1 radical (unpaired) electrons. The molecule has 0 saturated heterocycles. The maximum atomic E-state index is 5.39. The first-order chi connectivity index (χ1) is 2.64. The van der Waals surface area contributed by atoms with Crippen molar-refractivity contribution in [1.29, 1.82) is 0 Å². The van der Waals surface area contributed by atoms with Gasteiger partial charge in [0.2, 0.25) is 0 Å². The van der Waals surface area contributed by atoms with E-state index < -0.39 is 0 Å². The van der Waals surface area contributed by atoms with Crippen LogP contribution >= 0.6 is 22.9 Å². The Balaban J connectivity index is 2.99. The highest BCUT2D eigenvalue weighted by Crippen LogP contribution is 2.02. The van der Waals surface area contributed by atoms with Gasteiger partial charge in [-0.2, -0.15) is 0 Å². The van der Waals surface area contributed by atoms with E-state index in [-0.39, 0.29) is 15.6 Å². The van der Waals surface area contributed by atoms with Gasteiger partial charge in [-0.15, -0.1) is 0 Å². The number of hydrogen-bond acceptors (Lipinski definition) is 0. The average Bonchev–Trinajstić information content (AvgIpc) is 1.36. The van der Waals surface area contributed by atoms with Crippen molar-refractivity contribution in [3.8, 4) is 0 Å². The Hall–Kier alpha value is 0.995. The second kappa shape index (κ2) is 3.06. The number of hydrogen-bond donors (Lipinski definition) is 0. The van der Waals surface area contributed by atoms with Gasteiger partial charge in [0.15, 0.2) is 0 Å². The van der Waals surface area contributed by atoms with Gasteiger partial charge in [-0.1, -0.05) is 0 Å². The zero-order valence-corrected chi connectivity index (χ0v) is 6.07. The van der Waals surface area contributed by atoms with Crippen molar-refractivity contribution in [3.63, 3.8) is 0 Å². The summed E-state index contributed by atoms with van der Waals surface area (Å²) in [5.41, 5.74) is 0. The summed E-state index contributed by atoms with van der Waals surface area (Å²) in [5.74, 6) is 0. The molecule has 0 unspecified atom stereocenters. The fourth-order valence-corrected chi connectivity index (χ4v) is 0. The highest BCUT2D eigenvalue weighted by Gasteiger charge is 2.01. The summed E-state index contributed by atoms with van der Waals surface area (Å²) in [6, 6.07) is 0. The summed E-state index contributed by atoms with van der Waals surface area (Å²) in [4.78, 5) is -0.176. The van der Waals surface area contributed by atoms with Gasteiger partial charge in [-0.05, 0) is 0 Å². The lowest BCUT2D eigenvalue weighted by atomic mass is 10.7. The minimum atomic E-state index is -0.176. The van der Waals surface area contributed by atoms with Crippen molar-refractivity contribution in [2.75, 3.05) is 12.5 Å². The molecule has 0 atom stereocenters. The number of halogens is 2. The second-order valence-electron chi connectivity index (χ2n) is 1.14. The van der Waals surface area contributed by atoms with E-state index in [0.29, 0.717) is 0 Å². The van der Waals surface area contributed by atoms with Crippen molar-refractivity contribution >= 4 is 38.5 Å². The predicted octanol–water partition coefficient (Wildman–Crippen LogP) is 1.33. The summed E-state index contributed by atoms with van der Waals surface area (Å²) in [6.07, 6.45) is 4.01. The van der Waals surface area contributed by atoms with E-state index in [0.717, 1.165) is 0 Å². The van der Waals surface area contributed by atoms with E-state index in [9.17, 15) is 0 Å². The monoisotopic (exact) mass is 143 g/mol. The molecule has 0 fully saturated rings. The lowest BCUT2D eigenvalue weighted by molar-refractivity contribution is 2.33. The fraction of sp³-hybridized carbons (Fsp3) is 1.00. The summed E-state index contributed by atoms with van der Waals surface area (Å²) < 4.78 is 0. The van der Waals surface area contributed by atoms with Crippen LogP contribution in [0.15, 0.2) is 0 Å². The van der Waals surface area contributed by atoms with Gasteiger partial charge < -0.3 is 22.9 Å². The van der Waals surface area contributed by atoms with Crippen LogP contribution in [-0.4, -0.2) is 17.3 Å². The predicted molar refractivity (Wildman–Crippen MR) is 36.7 cm³/mol. The van der Waals surface area contributed by atoms with E-state index in [4.69, 9.17) is 22.9 Å². The summed E-state index contributed by atoms with van der Waals surface area (Å²) in [6.45, 7) is 0. The molecule has 0 N–H and O–H groups in total. The highest BCUT2D eigenvalue weighted by molar-refractivity contribution is 8.30. The summed E-state index contributed by atoms with van der Waals surface area (Å²) in [7, 11) is 0.164. The third kappa shape index (κ3) is 3.20. The van der Waals surface area contributed by atoms with Crippen LogP contribution in [0.2, 0.25) is 0 Å². The van der Waals surface area contributed by atoms with Gasteiger partial charge in [0.25, 0.3) is 0 Å². The minimum absolute atomic E-state index is 0.164. The van der Waals surface area contributed by atoms with Crippen LogP contribution in [0.25, 0.3) is 0 Å². The molecule has 0 aromatic carbocycles. The Kier molecular flexibility index (Phi) is 3.56. The number of rotatable bonds is 1. The molecule has 0 aromatic heterocycles. The quantitative estimate of drug-likeness (QED) is 0.384. The second-order valence-corrected chi connectivity index (χ2v) is 4.98. The Morgan fingerprint density at radius 1 is 1.33 bits per heavy atom. The molecular formula is C2H6BCl2S. The maximum absolute atomic E-state index is 5.39. The zero-order chi connectivity index (χ0) is 5.15. The maximum Gasteiger partial charge on any atom is 0.330 e. The Morgan fingerprint density at radius 3 is 1.50 bits per heavy atom. The average molecular weight is 144 g/mol. The Bertz CT molecular complexity index is 32.5. The van der Waals surface area contributed by atoms with Gasteiger partial charge in [0, 0.05) is 0 Å². The molecule has 0 aliphatic carbocycles. The molecular weight excluding hydrogens is 138 g/mol. The lowest BCUT2D eigenvalue weighted by Crippen LogP contribution is -2.08. The van der Waals surface area contributed by atoms with Crippen molar-refractivity contribution in [2.45, 2.75) is 0 Å². The van der Waals surface area contributed by atoms with Crippen LogP contribution in [0.5, 0.6) is 0 Å². The third-order valence-electron chi connectivity index (χ3n) is 0.356. The van der Waals surface area contributed by atoms with Gasteiger partial charge >= 0.3 is 4.82 Å². The van der Waals surface area contributed by atoms with Crippen LogP contribution in [0.3, 0.4) is 0 Å². The van der Waals surface area contributed by atoms with Gasteiger partial charge in [-0.25, -0.2) is 10.7 Å². The molecule has 0 saturated carbocycles. The van der Waals surface area contributed by atoms with E-state index >= 15 is 0 Å². The molecule has 0 nitrogen and oxygen atoms in total. The van der Waals surface area contributed by atoms with Crippen molar-refractivity contribution in [3.05, 3.63) is 0 Å². The van der Waals surface area contributed by atoms with Crippen LogP contribution in [0.4, 0.5) is 0 Å². The van der Waals surface area contributed by atoms with Crippen LogP contribution < -0.4 is 0 Å². The van der Waals surface area contributed by atoms with Gasteiger partial charge in [-0.3, -0.25) is 0 Å². The highest BCUT2D eigenvalue weighted by atomic mass is 35.5. The molecule has 37 valence electrons. The normalized spacial score (nSPS) is 11.0. The molecule has 4 heteroatoms. The molecule has 0 aliphatic rings. The first-order valence-electron chi connectivity index (χ1n) is 1.49. The van der Waals surface area contributed by atoms with Crippen molar-refractivity contribution in [2.24, 2.45) is 0 Å². The van der Waals surface area contributed by atoms with Crippen LogP contribution in [0.1, 0.15) is 0 Å². The molecule has 0 aromatic rings. The van der Waals surface area contributed by atoms with Crippen LogP contribution in [0, 0.1) is 0 Å². The first-order valence-corrected chi connectivity index (χ1v) is 4.47. The van der Waals surface area contributed by atoms with E-state index in [2.05, 4.69) is 0 Å². The topological polar surface area (TPSA) is 0 Å². The molecule has 6 heavy (non-hydrogen) atoms. The molecule has 0 heterocycles. The largest absolute Gasteiger partial charge is 0.334 e. The zero-order valence-electron chi connectivity index (χ0n) is 3.74. The first kappa shape index (κ1) is 6.99. The van der Waals surface area contributed by atoms with Crippen molar-refractivity contribution < 1.29 is 0 Å². The molecule has 0 rings (SSSR count). The molecule has 0 amide bonds. The summed E-state index contributed by atoms with van der Waals surface area (Å²) in [5, 5.41) is 0. The Labute approximate surface area is 51.4 Å². The standard InChI is InChI=1S/C2H6BCl2S/c1-6(2)3(4)5/h1-2H3. The van der Waals surface area contributed by atoms with Crippen molar-refractivity contribution in [1.82, 2.24) is 0 Å². The smallest absolute Gasteiger partial charge is 0.330 e.